The normalized spacial score (nSPS) is 10.5. The van der Waals surface area contributed by atoms with Crippen molar-refractivity contribution in [3.63, 3.8) is 0 Å². The molecule has 2 N–H and O–H groups in total. The molecule has 166 valence electrons. The number of benzene rings is 3. The molecule has 0 saturated heterocycles. The van der Waals surface area contributed by atoms with E-state index in [9.17, 15) is 9.59 Å². The minimum Gasteiger partial charge on any atom is -0.497 e. The third kappa shape index (κ3) is 6.35. The Balaban J connectivity index is 1.53. The van der Waals surface area contributed by atoms with E-state index in [-0.39, 0.29) is 24.3 Å². The molecule has 0 bridgehead atoms. The Hall–Kier alpha value is -3.80. The third-order valence-corrected chi connectivity index (χ3v) is 5.18. The average molecular weight is 433 g/mol. The predicted octanol–water partition coefficient (Wildman–Crippen LogP) is 3.77. The zero-order chi connectivity index (χ0) is 22.8. The van der Waals surface area contributed by atoms with Crippen molar-refractivity contribution in [3.8, 4) is 11.5 Å². The standard InChI is InChI=1S/C26H28N2O4/c1-31-22-15-21(16-23(17-22)32-2)26(30)28-18-25(29)27-14-13-24(19-9-5-3-6-10-19)20-11-7-4-8-12-20/h3-12,15-17,24H,13-14,18H2,1-2H3,(H,27,29)(H,28,30). The van der Waals surface area contributed by atoms with Crippen LogP contribution in [0.3, 0.4) is 0 Å². The summed E-state index contributed by atoms with van der Waals surface area (Å²) in [5.74, 6) is 0.576. The first-order valence-corrected chi connectivity index (χ1v) is 10.5. The Morgan fingerprint density at radius 1 is 0.781 bits per heavy atom. The first-order chi connectivity index (χ1) is 15.6. The quantitative estimate of drug-likeness (QED) is 0.511. The smallest absolute Gasteiger partial charge is 0.251 e. The molecular formula is C26H28N2O4. The van der Waals surface area contributed by atoms with E-state index >= 15 is 0 Å². The third-order valence-electron chi connectivity index (χ3n) is 5.18. The van der Waals surface area contributed by atoms with Crippen molar-refractivity contribution in [1.82, 2.24) is 10.6 Å². The summed E-state index contributed by atoms with van der Waals surface area (Å²) >= 11 is 0. The summed E-state index contributed by atoms with van der Waals surface area (Å²) in [5.41, 5.74) is 2.77. The largest absolute Gasteiger partial charge is 0.497 e. The number of carbonyl (C=O) groups is 2. The van der Waals surface area contributed by atoms with Gasteiger partial charge in [-0.3, -0.25) is 9.59 Å². The van der Waals surface area contributed by atoms with E-state index in [0.717, 1.165) is 6.42 Å². The molecular weight excluding hydrogens is 404 g/mol. The Bertz CT molecular complexity index is 961. The number of carbonyl (C=O) groups excluding carboxylic acids is 2. The Labute approximate surface area is 188 Å². The van der Waals surface area contributed by atoms with Gasteiger partial charge in [0.1, 0.15) is 11.5 Å². The summed E-state index contributed by atoms with van der Waals surface area (Å²) in [6.45, 7) is 0.385. The van der Waals surface area contributed by atoms with Crippen LogP contribution >= 0.6 is 0 Å². The molecule has 0 fully saturated rings. The SMILES string of the molecule is COc1cc(OC)cc(C(=O)NCC(=O)NCCC(c2ccccc2)c2ccccc2)c1. The fourth-order valence-electron chi connectivity index (χ4n) is 3.52. The summed E-state index contributed by atoms with van der Waals surface area (Å²) in [6, 6.07) is 25.3. The molecule has 0 spiro atoms. The maximum atomic E-state index is 12.4. The van der Waals surface area contributed by atoms with Crippen LogP contribution in [0.5, 0.6) is 11.5 Å². The number of methoxy groups -OCH3 is 2. The fourth-order valence-corrected chi connectivity index (χ4v) is 3.52. The molecule has 0 saturated carbocycles. The first kappa shape index (κ1) is 22.9. The van der Waals surface area contributed by atoms with Crippen LogP contribution in [-0.4, -0.2) is 39.1 Å². The van der Waals surface area contributed by atoms with Crippen molar-refractivity contribution in [2.75, 3.05) is 27.3 Å². The van der Waals surface area contributed by atoms with Gasteiger partial charge in [-0.15, -0.1) is 0 Å². The summed E-state index contributed by atoms with van der Waals surface area (Å²) in [6.07, 6.45) is 0.751. The van der Waals surface area contributed by atoms with Crippen molar-refractivity contribution < 1.29 is 19.1 Å². The molecule has 0 atom stereocenters. The highest BCUT2D eigenvalue weighted by Gasteiger charge is 2.15. The van der Waals surface area contributed by atoms with Crippen LogP contribution in [0, 0.1) is 0 Å². The number of ether oxygens (including phenoxy) is 2. The zero-order valence-electron chi connectivity index (χ0n) is 18.3. The number of hydrogen-bond acceptors (Lipinski definition) is 4. The van der Waals surface area contributed by atoms with Gasteiger partial charge in [0.25, 0.3) is 5.91 Å². The van der Waals surface area contributed by atoms with Crippen molar-refractivity contribution in [2.24, 2.45) is 0 Å². The van der Waals surface area contributed by atoms with Gasteiger partial charge in [-0.1, -0.05) is 60.7 Å². The molecule has 0 unspecified atom stereocenters. The van der Waals surface area contributed by atoms with Gasteiger partial charge in [0.15, 0.2) is 0 Å². The number of amides is 2. The maximum absolute atomic E-state index is 12.4. The molecule has 6 nitrogen and oxygen atoms in total. The molecule has 3 rings (SSSR count). The topological polar surface area (TPSA) is 76.7 Å². The van der Waals surface area contributed by atoms with Gasteiger partial charge in [-0.2, -0.15) is 0 Å². The zero-order valence-corrected chi connectivity index (χ0v) is 18.3. The maximum Gasteiger partial charge on any atom is 0.251 e. The minimum absolute atomic E-state index is 0.111. The van der Waals surface area contributed by atoms with Crippen LogP contribution < -0.4 is 20.1 Å². The van der Waals surface area contributed by atoms with Crippen molar-refractivity contribution in [3.05, 3.63) is 95.6 Å². The lowest BCUT2D eigenvalue weighted by Crippen LogP contribution is -2.37. The second-order valence-electron chi connectivity index (χ2n) is 7.30. The molecule has 0 aliphatic rings. The Morgan fingerprint density at radius 3 is 1.81 bits per heavy atom. The van der Waals surface area contributed by atoms with E-state index in [1.54, 1.807) is 18.2 Å². The lowest BCUT2D eigenvalue weighted by molar-refractivity contribution is -0.120. The lowest BCUT2D eigenvalue weighted by Gasteiger charge is -2.18. The number of nitrogens with one attached hydrogen (secondary N) is 2. The molecule has 32 heavy (non-hydrogen) atoms. The van der Waals surface area contributed by atoms with Gasteiger partial charge in [0.05, 0.1) is 20.8 Å². The molecule has 0 aliphatic carbocycles. The molecule has 0 heterocycles. The highest BCUT2D eigenvalue weighted by Crippen LogP contribution is 2.27. The van der Waals surface area contributed by atoms with Crippen LogP contribution in [0.2, 0.25) is 0 Å². The van der Waals surface area contributed by atoms with E-state index in [1.165, 1.54) is 25.3 Å². The summed E-state index contributed by atoms with van der Waals surface area (Å²) in [7, 11) is 3.03. The summed E-state index contributed by atoms with van der Waals surface area (Å²) < 4.78 is 10.4. The van der Waals surface area contributed by atoms with Crippen LogP contribution in [-0.2, 0) is 4.79 Å². The fraction of sp³-hybridized carbons (Fsp3) is 0.231. The van der Waals surface area contributed by atoms with Crippen molar-refractivity contribution in [2.45, 2.75) is 12.3 Å². The van der Waals surface area contributed by atoms with Crippen LogP contribution in [0.15, 0.2) is 78.9 Å². The van der Waals surface area contributed by atoms with E-state index in [0.29, 0.717) is 23.6 Å². The van der Waals surface area contributed by atoms with Gasteiger partial charge in [0.2, 0.25) is 5.91 Å². The van der Waals surface area contributed by atoms with E-state index in [4.69, 9.17) is 9.47 Å². The molecule has 2 amide bonds. The van der Waals surface area contributed by atoms with Gasteiger partial charge < -0.3 is 20.1 Å². The van der Waals surface area contributed by atoms with Crippen LogP contribution in [0.1, 0.15) is 33.8 Å². The van der Waals surface area contributed by atoms with Gasteiger partial charge in [-0.25, -0.2) is 0 Å². The van der Waals surface area contributed by atoms with Gasteiger partial charge in [0, 0.05) is 24.1 Å². The van der Waals surface area contributed by atoms with Crippen molar-refractivity contribution >= 4 is 11.8 Å². The molecule has 6 heteroatoms. The number of rotatable bonds is 10. The van der Waals surface area contributed by atoms with Gasteiger partial charge in [-0.05, 0) is 29.7 Å². The Morgan fingerprint density at radius 2 is 1.31 bits per heavy atom. The monoisotopic (exact) mass is 432 g/mol. The summed E-state index contributed by atoms with van der Waals surface area (Å²) in [5, 5.41) is 5.54. The minimum atomic E-state index is -0.371. The average Bonchev–Trinajstić information content (AvgIpc) is 2.85. The molecule has 0 aliphatic heterocycles. The molecule has 0 radical (unpaired) electrons. The van der Waals surface area contributed by atoms with Crippen molar-refractivity contribution in [1.29, 1.82) is 0 Å². The highest BCUT2D eigenvalue weighted by molar-refractivity contribution is 5.97. The number of hydrogen-bond donors (Lipinski definition) is 2. The molecule has 3 aromatic rings. The predicted molar refractivity (Wildman–Crippen MR) is 124 cm³/mol. The van der Waals surface area contributed by atoms with Gasteiger partial charge >= 0.3 is 0 Å². The van der Waals surface area contributed by atoms with E-state index in [1.807, 2.05) is 36.4 Å². The Kier molecular flexibility index (Phi) is 8.26. The second-order valence-corrected chi connectivity index (χ2v) is 7.30. The first-order valence-electron chi connectivity index (χ1n) is 10.5. The highest BCUT2D eigenvalue weighted by atomic mass is 16.5. The lowest BCUT2D eigenvalue weighted by atomic mass is 9.88. The second kappa shape index (κ2) is 11.6. The van der Waals surface area contributed by atoms with Crippen LogP contribution in [0.4, 0.5) is 0 Å². The molecule has 3 aromatic carbocycles. The summed E-state index contributed by atoms with van der Waals surface area (Å²) in [4.78, 5) is 24.7. The van der Waals surface area contributed by atoms with E-state index < -0.39 is 0 Å². The van der Waals surface area contributed by atoms with E-state index in [2.05, 4.69) is 34.9 Å². The molecule has 0 aromatic heterocycles. The van der Waals surface area contributed by atoms with Crippen LogP contribution in [0.25, 0.3) is 0 Å².